The molecule has 2 aromatic carbocycles. The highest BCUT2D eigenvalue weighted by Gasteiger charge is 2.26. The monoisotopic (exact) mass is 552 g/mol. The molecule has 37 heavy (non-hydrogen) atoms. The molecule has 3 aromatic rings. The number of nitrogens with zero attached hydrogens (tertiary/aromatic N) is 4. The van der Waals surface area contributed by atoms with Gasteiger partial charge < -0.3 is 14.4 Å². The lowest BCUT2D eigenvalue weighted by molar-refractivity contribution is 0.0986. The van der Waals surface area contributed by atoms with Crippen molar-refractivity contribution in [2.24, 2.45) is 0 Å². The van der Waals surface area contributed by atoms with Crippen LogP contribution < -0.4 is 4.90 Å². The number of aromatic nitrogens is 1. The Hall–Kier alpha value is -2.48. The summed E-state index contributed by atoms with van der Waals surface area (Å²) < 4.78 is 52.1. The fourth-order valence-electron chi connectivity index (χ4n) is 3.64. The van der Waals surface area contributed by atoms with Crippen molar-refractivity contribution in [1.29, 1.82) is 0 Å². The fraction of sp³-hybridized carbons (Fsp3) is 0.440. The number of ether oxygens (including phenoxy) is 2. The lowest BCUT2D eigenvalue weighted by Gasteiger charge is -2.22. The van der Waals surface area contributed by atoms with Gasteiger partial charge in [0.1, 0.15) is 5.82 Å². The zero-order valence-corrected chi connectivity index (χ0v) is 23.1. The molecule has 0 bridgehead atoms. The van der Waals surface area contributed by atoms with Crippen LogP contribution >= 0.6 is 11.3 Å². The van der Waals surface area contributed by atoms with Gasteiger partial charge in [0.25, 0.3) is 5.91 Å². The van der Waals surface area contributed by atoms with Crippen LogP contribution in [0.4, 0.5) is 9.52 Å². The molecule has 1 aromatic heterocycles. The Morgan fingerprint density at radius 1 is 0.973 bits per heavy atom. The van der Waals surface area contributed by atoms with Crippen molar-refractivity contribution in [3.8, 4) is 0 Å². The maximum atomic E-state index is 13.7. The summed E-state index contributed by atoms with van der Waals surface area (Å²) >= 11 is 1.24. The number of benzene rings is 2. The first-order chi connectivity index (χ1) is 17.7. The molecule has 0 radical (unpaired) electrons. The van der Waals surface area contributed by atoms with E-state index in [0.717, 1.165) is 6.54 Å². The summed E-state index contributed by atoms with van der Waals surface area (Å²) in [5.41, 5.74) is 0.940. The molecule has 12 heteroatoms. The van der Waals surface area contributed by atoms with Crippen LogP contribution in [0.5, 0.6) is 0 Å². The largest absolute Gasteiger partial charge is 0.383 e. The first-order valence-corrected chi connectivity index (χ1v) is 14.0. The van der Waals surface area contributed by atoms with Crippen LogP contribution in [0.2, 0.25) is 0 Å². The lowest BCUT2D eigenvalue weighted by Crippen LogP contribution is -2.36. The zero-order valence-electron chi connectivity index (χ0n) is 21.5. The molecule has 0 aliphatic heterocycles. The normalized spacial score (nSPS) is 12.1. The summed E-state index contributed by atoms with van der Waals surface area (Å²) in [7, 11) is 3.11. The number of hydrogen-bond acceptors (Lipinski definition) is 8. The van der Waals surface area contributed by atoms with Crippen LogP contribution in [0, 0.1) is 5.82 Å². The van der Waals surface area contributed by atoms with E-state index in [1.165, 1.54) is 66.3 Å². The van der Waals surface area contributed by atoms with E-state index >= 15 is 0 Å². The van der Waals surface area contributed by atoms with Crippen LogP contribution in [-0.4, -0.2) is 96.2 Å². The van der Waals surface area contributed by atoms with Crippen LogP contribution in [0.25, 0.3) is 10.2 Å². The van der Waals surface area contributed by atoms with Gasteiger partial charge in [-0.25, -0.2) is 17.8 Å². The Bertz CT molecular complexity index is 1270. The summed E-state index contributed by atoms with van der Waals surface area (Å²) in [6.07, 6.45) is 0.698. The van der Waals surface area contributed by atoms with Crippen LogP contribution in [0.1, 0.15) is 16.8 Å². The molecule has 202 valence electrons. The third kappa shape index (κ3) is 7.53. The van der Waals surface area contributed by atoms with Crippen molar-refractivity contribution in [2.45, 2.75) is 11.3 Å². The molecule has 9 nitrogen and oxygen atoms in total. The van der Waals surface area contributed by atoms with Gasteiger partial charge in [-0.3, -0.25) is 9.69 Å². The molecule has 0 unspecified atom stereocenters. The van der Waals surface area contributed by atoms with Gasteiger partial charge in [0.05, 0.1) is 28.3 Å². The smallest absolute Gasteiger partial charge is 0.260 e. The van der Waals surface area contributed by atoms with Crippen molar-refractivity contribution < 1.29 is 27.1 Å². The lowest BCUT2D eigenvalue weighted by atomic mass is 10.2. The SMILES string of the molecule is COCCN(CCOC)S(=O)(=O)c1ccc(C(=O)N(CCCN(C)C)c2nc3ccc(F)cc3s2)cc1. The predicted octanol–water partition coefficient (Wildman–Crippen LogP) is 3.32. The van der Waals surface area contributed by atoms with Crippen molar-refractivity contribution in [2.75, 3.05) is 72.6 Å². The van der Waals surface area contributed by atoms with Gasteiger partial charge in [-0.2, -0.15) is 4.31 Å². The molecule has 0 N–H and O–H groups in total. The molecule has 0 aliphatic carbocycles. The highest BCUT2D eigenvalue weighted by molar-refractivity contribution is 7.89. The number of amides is 1. The summed E-state index contributed by atoms with van der Waals surface area (Å²) in [5, 5.41) is 0.464. The highest BCUT2D eigenvalue weighted by Crippen LogP contribution is 2.30. The Balaban J connectivity index is 1.88. The molecule has 1 amide bonds. The van der Waals surface area contributed by atoms with E-state index in [1.54, 1.807) is 11.0 Å². The third-order valence-corrected chi connectivity index (χ3v) is 8.58. The zero-order chi connectivity index (χ0) is 27.0. The third-order valence-electron chi connectivity index (χ3n) is 5.63. The number of thiazole rings is 1. The minimum absolute atomic E-state index is 0.0749. The molecule has 0 aliphatic rings. The maximum absolute atomic E-state index is 13.7. The summed E-state index contributed by atoms with van der Waals surface area (Å²) in [6.45, 7) is 2.02. The van der Waals surface area contributed by atoms with E-state index in [2.05, 4.69) is 4.98 Å². The highest BCUT2D eigenvalue weighted by atomic mass is 32.2. The molecule has 0 saturated carbocycles. The fourth-order valence-corrected chi connectivity index (χ4v) is 6.07. The number of carbonyl (C=O) groups is 1. The van der Waals surface area contributed by atoms with Gasteiger partial charge in [-0.15, -0.1) is 0 Å². The molecule has 0 atom stereocenters. The average Bonchev–Trinajstić information content (AvgIpc) is 3.29. The number of halogens is 1. The van der Waals surface area contributed by atoms with Crippen molar-refractivity contribution in [1.82, 2.24) is 14.2 Å². The predicted molar refractivity (Wildman–Crippen MR) is 143 cm³/mol. The molecular formula is C25H33FN4O5S2. The van der Waals surface area contributed by atoms with E-state index < -0.39 is 10.0 Å². The van der Waals surface area contributed by atoms with Gasteiger partial charge in [-0.05, 0) is 69.5 Å². The van der Waals surface area contributed by atoms with Gasteiger partial charge in [0.2, 0.25) is 10.0 Å². The number of sulfonamides is 1. The number of carbonyl (C=O) groups excluding carboxylic acids is 1. The Morgan fingerprint density at radius 3 is 2.22 bits per heavy atom. The Kier molecular flexibility index (Phi) is 10.5. The van der Waals surface area contributed by atoms with Crippen LogP contribution in [0.15, 0.2) is 47.4 Å². The van der Waals surface area contributed by atoms with Gasteiger partial charge in [0.15, 0.2) is 5.13 Å². The maximum Gasteiger partial charge on any atom is 0.260 e. The number of anilines is 1. The Labute approximate surface area is 221 Å². The molecular weight excluding hydrogens is 519 g/mol. The first-order valence-electron chi connectivity index (χ1n) is 11.8. The second-order valence-electron chi connectivity index (χ2n) is 8.64. The minimum atomic E-state index is -3.81. The second kappa shape index (κ2) is 13.4. The molecule has 1 heterocycles. The number of fused-ring (bicyclic) bond motifs is 1. The topological polar surface area (TPSA) is 92.3 Å². The average molecular weight is 553 g/mol. The summed E-state index contributed by atoms with van der Waals surface area (Å²) in [5.74, 6) is -0.673. The van der Waals surface area contributed by atoms with Gasteiger partial charge in [-0.1, -0.05) is 11.3 Å². The number of rotatable bonds is 14. The van der Waals surface area contributed by atoms with Crippen molar-refractivity contribution in [3.05, 3.63) is 53.8 Å². The van der Waals surface area contributed by atoms with Crippen LogP contribution in [-0.2, 0) is 19.5 Å². The van der Waals surface area contributed by atoms with E-state index in [-0.39, 0.29) is 42.9 Å². The number of hydrogen-bond donors (Lipinski definition) is 0. The van der Waals surface area contributed by atoms with Gasteiger partial charge in [0, 0.05) is 39.4 Å². The minimum Gasteiger partial charge on any atom is -0.383 e. The van der Waals surface area contributed by atoms with E-state index in [1.807, 2.05) is 19.0 Å². The first kappa shape index (κ1) is 29.1. The molecule has 0 spiro atoms. The van der Waals surface area contributed by atoms with E-state index in [0.29, 0.717) is 33.9 Å². The van der Waals surface area contributed by atoms with E-state index in [4.69, 9.17) is 9.47 Å². The molecule has 3 rings (SSSR count). The van der Waals surface area contributed by atoms with Crippen LogP contribution in [0.3, 0.4) is 0 Å². The number of methoxy groups -OCH3 is 2. The van der Waals surface area contributed by atoms with Gasteiger partial charge >= 0.3 is 0 Å². The molecule has 0 saturated heterocycles. The summed E-state index contributed by atoms with van der Waals surface area (Å²) in [6, 6.07) is 10.2. The van der Waals surface area contributed by atoms with Crippen molar-refractivity contribution in [3.63, 3.8) is 0 Å². The molecule has 0 fully saturated rings. The Morgan fingerprint density at radius 2 is 1.62 bits per heavy atom. The van der Waals surface area contributed by atoms with E-state index in [9.17, 15) is 17.6 Å². The summed E-state index contributed by atoms with van der Waals surface area (Å²) in [4.78, 5) is 21.8. The quantitative estimate of drug-likeness (QED) is 0.303. The standard InChI is InChI=1S/C25H33FN4O5S2/c1-28(2)12-5-13-30(25-27-22-11-8-20(26)18-23(22)36-25)24(31)19-6-9-21(10-7-19)37(32,33)29(14-16-34-3)15-17-35-4/h6-11,18H,5,12-17H2,1-4H3. The van der Waals surface area contributed by atoms with Crippen molar-refractivity contribution >= 4 is 42.6 Å². The second-order valence-corrected chi connectivity index (χ2v) is 11.6.